The summed E-state index contributed by atoms with van der Waals surface area (Å²) >= 11 is 0. The molecule has 5 heterocycles. The average Bonchev–Trinajstić information content (AvgIpc) is 3.74. The molecule has 4 aliphatic heterocycles. The summed E-state index contributed by atoms with van der Waals surface area (Å²) in [7, 11) is 1.71. The number of aromatic nitrogens is 3. The summed E-state index contributed by atoms with van der Waals surface area (Å²) in [5.41, 5.74) is 0.730. The van der Waals surface area contributed by atoms with Crippen LogP contribution in [0.15, 0.2) is 78.9 Å². The number of unbranched alkanes of at least 4 members (excludes halogenated alkanes) is 2. The van der Waals surface area contributed by atoms with Crippen molar-refractivity contribution in [3.05, 3.63) is 84.5 Å². The maximum atomic E-state index is 14.8. The number of nitrogens with zero attached hydrogens (tertiary/aromatic N) is 6. The van der Waals surface area contributed by atoms with Crippen molar-refractivity contribution in [1.29, 1.82) is 0 Å². The lowest BCUT2D eigenvalue weighted by atomic mass is 9.77. The van der Waals surface area contributed by atoms with Gasteiger partial charge in [-0.15, -0.1) is 5.10 Å². The molecule has 13 nitrogen and oxygen atoms in total. The molecule has 1 aromatic heterocycles. The summed E-state index contributed by atoms with van der Waals surface area (Å²) in [6, 6.07) is 15.2. The van der Waals surface area contributed by atoms with Crippen LogP contribution in [0.25, 0.3) is 11.0 Å². The van der Waals surface area contributed by atoms with E-state index in [1.54, 1.807) is 38.6 Å². The molecule has 4 aliphatic rings. The predicted octanol–water partition coefficient (Wildman–Crippen LogP) is 3.01. The Hall–Kier alpha value is -4.88. The van der Waals surface area contributed by atoms with E-state index < -0.39 is 47.7 Å². The van der Waals surface area contributed by atoms with E-state index in [9.17, 15) is 24.3 Å². The van der Waals surface area contributed by atoms with Crippen LogP contribution in [0.4, 0.5) is 0 Å². The second-order valence-corrected chi connectivity index (χ2v) is 13.8. The number of aliphatic hydroxyl groups is 1. The molecule has 2 fully saturated rings. The van der Waals surface area contributed by atoms with Gasteiger partial charge in [0.25, 0.3) is 5.91 Å². The maximum Gasteiger partial charge on any atom is 0.313 e. The molecule has 2 saturated heterocycles. The van der Waals surface area contributed by atoms with Crippen molar-refractivity contribution in [3.63, 3.8) is 0 Å². The highest BCUT2D eigenvalue weighted by Gasteiger charge is 2.71. The largest absolute Gasteiger partial charge is 0.455 e. The first-order chi connectivity index (χ1) is 24.7. The number of fused-ring (bicyclic) bond motifs is 3. The van der Waals surface area contributed by atoms with Gasteiger partial charge in [-0.1, -0.05) is 72.0 Å². The van der Waals surface area contributed by atoms with Gasteiger partial charge in [0, 0.05) is 33.2 Å². The molecule has 2 aromatic carbocycles. The zero-order valence-electron chi connectivity index (χ0n) is 28.9. The van der Waals surface area contributed by atoms with Gasteiger partial charge >= 0.3 is 5.97 Å². The van der Waals surface area contributed by atoms with Crippen LogP contribution >= 0.6 is 0 Å². The van der Waals surface area contributed by atoms with Gasteiger partial charge < -0.3 is 29.3 Å². The van der Waals surface area contributed by atoms with Gasteiger partial charge in [0.1, 0.15) is 35.9 Å². The molecular weight excluding hydrogens is 652 g/mol. The van der Waals surface area contributed by atoms with Crippen LogP contribution in [0.1, 0.15) is 50.7 Å². The summed E-state index contributed by atoms with van der Waals surface area (Å²) in [5, 5.41) is 18.0. The number of likely N-dealkylation sites (N-methyl/N-ethyl adjacent to an activating group) is 1. The molecule has 1 spiro atoms. The predicted molar refractivity (Wildman–Crippen MR) is 185 cm³/mol. The Kier molecular flexibility index (Phi) is 9.75. The summed E-state index contributed by atoms with van der Waals surface area (Å²) in [5.74, 6) is -3.48. The molecule has 1 N–H and O–H groups in total. The highest BCUT2D eigenvalue weighted by Crippen LogP contribution is 2.53. The smallest absolute Gasteiger partial charge is 0.313 e. The number of likely N-dealkylation sites (tertiary alicyclic amines) is 1. The van der Waals surface area contributed by atoms with E-state index >= 15 is 0 Å². The first kappa shape index (κ1) is 34.6. The lowest BCUT2D eigenvalue weighted by molar-refractivity contribution is -0.164. The van der Waals surface area contributed by atoms with Gasteiger partial charge in [0.15, 0.2) is 0 Å². The van der Waals surface area contributed by atoms with E-state index in [1.165, 1.54) is 0 Å². The second kappa shape index (κ2) is 14.4. The minimum atomic E-state index is -1.45. The number of carbonyl (C=O) groups is 4. The van der Waals surface area contributed by atoms with E-state index in [1.807, 2.05) is 73.7 Å². The Morgan fingerprint density at radius 2 is 1.75 bits per heavy atom. The van der Waals surface area contributed by atoms with Crippen molar-refractivity contribution in [1.82, 2.24) is 29.7 Å². The number of esters is 1. The molecule has 0 unspecified atom stereocenters. The van der Waals surface area contributed by atoms with Crippen LogP contribution in [0.2, 0.25) is 0 Å². The highest BCUT2D eigenvalue weighted by atomic mass is 16.6. The van der Waals surface area contributed by atoms with Crippen molar-refractivity contribution in [3.8, 4) is 0 Å². The topological polar surface area (TPSA) is 147 Å². The van der Waals surface area contributed by atoms with Gasteiger partial charge in [-0.05, 0) is 50.3 Å². The SMILES string of the molecule is C[C@@H]1[C@@H](c2ccccc2)OC(=O)[C@@H]2[C@H]3C(=O)N(CCCCCO)[C@@H]4C(=O)N(Cn5nnc6ccccc65)CC=C[C@]34O[C@@H]2/C=C\CCC(=O)N1C. The van der Waals surface area contributed by atoms with E-state index in [-0.39, 0.29) is 50.5 Å². The van der Waals surface area contributed by atoms with Crippen molar-refractivity contribution < 1.29 is 33.8 Å². The number of allylic oxidation sites excluding steroid dienone is 1. The lowest BCUT2D eigenvalue weighted by Crippen LogP contribution is -2.55. The Morgan fingerprint density at radius 3 is 2.55 bits per heavy atom. The van der Waals surface area contributed by atoms with E-state index in [0.29, 0.717) is 31.2 Å². The van der Waals surface area contributed by atoms with Crippen LogP contribution in [0, 0.1) is 11.8 Å². The molecule has 3 aromatic rings. The Labute approximate surface area is 296 Å². The first-order valence-electron chi connectivity index (χ1n) is 17.8. The number of ether oxygens (including phenoxy) is 2. The van der Waals surface area contributed by atoms with Crippen LogP contribution in [-0.4, -0.2) is 109 Å². The Morgan fingerprint density at radius 1 is 0.961 bits per heavy atom. The van der Waals surface area contributed by atoms with Crippen molar-refractivity contribution >= 4 is 34.7 Å². The molecule has 268 valence electrons. The van der Waals surface area contributed by atoms with Crippen LogP contribution in [-0.2, 0) is 35.3 Å². The molecular formula is C38H44N6O7. The van der Waals surface area contributed by atoms with Gasteiger partial charge in [-0.25, -0.2) is 4.68 Å². The number of aliphatic hydroxyl groups excluding tert-OH is 1. The number of carbonyl (C=O) groups excluding carboxylic acids is 4. The van der Waals surface area contributed by atoms with Crippen molar-refractivity contribution in [2.24, 2.45) is 11.8 Å². The average molecular weight is 697 g/mol. The highest BCUT2D eigenvalue weighted by molar-refractivity contribution is 5.99. The monoisotopic (exact) mass is 696 g/mol. The zero-order valence-corrected chi connectivity index (χ0v) is 28.9. The second-order valence-electron chi connectivity index (χ2n) is 13.8. The fraction of sp³-hybridized carbons (Fsp3) is 0.474. The molecule has 3 amide bonds. The third-order valence-corrected chi connectivity index (χ3v) is 10.8. The van der Waals surface area contributed by atoms with Gasteiger partial charge in [-0.3, -0.25) is 19.2 Å². The molecule has 7 atom stereocenters. The molecule has 0 bridgehead atoms. The Balaban J connectivity index is 1.27. The summed E-state index contributed by atoms with van der Waals surface area (Å²) < 4.78 is 14.8. The fourth-order valence-electron chi connectivity index (χ4n) is 8.06. The quantitative estimate of drug-likeness (QED) is 0.213. The van der Waals surface area contributed by atoms with Gasteiger partial charge in [0.2, 0.25) is 11.8 Å². The fourth-order valence-corrected chi connectivity index (χ4v) is 8.06. The first-order valence-corrected chi connectivity index (χ1v) is 17.8. The summed E-state index contributed by atoms with van der Waals surface area (Å²) in [6.45, 7) is 2.45. The number of cyclic esters (lactones) is 1. The van der Waals surface area contributed by atoms with E-state index in [2.05, 4.69) is 10.3 Å². The molecule has 7 rings (SSSR count). The maximum absolute atomic E-state index is 14.8. The minimum absolute atomic E-state index is 0.0259. The number of hydrogen-bond acceptors (Lipinski definition) is 9. The normalized spacial score (nSPS) is 30.4. The summed E-state index contributed by atoms with van der Waals surface area (Å²) in [6.07, 6.45) is 7.92. The molecule has 0 aliphatic carbocycles. The zero-order chi connectivity index (χ0) is 35.7. The number of para-hydroxylation sites is 1. The number of hydrogen-bond donors (Lipinski definition) is 1. The van der Waals surface area contributed by atoms with Crippen LogP contribution in [0.5, 0.6) is 0 Å². The number of amides is 3. The molecule has 51 heavy (non-hydrogen) atoms. The van der Waals surface area contributed by atoms with E-state index in [0.717, 1.165) is 11.1 Å². The van der Waals surface area contributed by atoms with Gasteiger partial charge in [0.05, 0.1) is 23.6 Å². The lowest BCUT2D eigenvalue weighted by Gasteiger charge is -2.35. The molecule has 13 heteroatoms. The van der Waals surface area contributed by atoms with E-state index in [4.69, 9.17) is 9.47 Å². The van der Waals surface area contributed by atoms with Crippen molar-refractivity contribution in [2.45, 2.75) is 75.6 Å². The number of rotatable bonds is 8. The van der Waals surface area contributed by atoms with Crippen LogP contribution < -0.4 is 0 Å². The third kappa shape index (κ3) is 6.22. The summed E-state index contributed by atoms with van der Waals surface area (Å²) in [4.78, 5) is 62.1. The van der Waals surface area contributed by atoms with Crippen molar-refractivity contribution in [2.75, 3.05) is 26.7 Å². The molecule has 0 saturated carbocycles. The molecule has 0 radical (unpaired) electrons. The number of benzene rings is 2. The van der Waals surface area contributed by atoms with Crippen LogP contribution in [0.3, 0.4) is 0 Å². The third-order valence-electron chi connectivity index (χ3n) is 10.8. The minimum Gasteiger partial charge on any atom is -0.455 e. The Bertz CT molecular complexity index is 1840. The van der Waals surface area contributed by atoms with Gasteiger partial charge in [-0.2, -0.15) is 0 Å². The standard InChI is InChI=1S/C38H44N6O7/c1-25-33(26-14-5-3-6-15-26)50-37(49)31-29(18-9-10-19-30(46)41(25)2)51-38-20-13-21-42(24-44-28-17-8-7-16-27(28)39-40-44)36(48)34(38)43(35(47)32(31)38)22-11-4-12-23-45/h3,5-9,13-18,20,25,29,31-34,45H,4,10-12,19,21-24H2,1-2H3/b18-9-/t25-,29-,31+,32+,33+,34-,38+/m1/s1.